The molecular weight excluding hydrogens is 313 g/mol. The van der Waals surface area contributed by atoms with E-state index in [0.29, 0.717) is 26.2 Å². The number of carbonyl (C=O) groups is 2. The Morgan fingerprint density at radius 1 is 1.22 bits per heavy atom. The largest absolute Gasteiger partial charge is 0.433 e. The zero-order chi connectivity index (χ0) is 17.0. The molecule has 0 aliphatic carbocycles. The number of halogens is 3. The number of alkyl halides is 3. The Bertz CT molecular complexity index is 566. The highest BCUT2D eigenvalue weighted by molar-refractivity contribution is 5.94. The third-order valence-corrected chi connectivity index (χ3v) is 3.61. The van der Waals surface area contributed by atoms with Gasteiger partial charge in [-0.05, 0) is 12.1 Å². The van der Waals surface area contributed by atoms with Crippen LogP contribution in [0.4, 0.5) is 13.2 Å². The highest BCUT2D eigenvalue weighted by Crippen LogP contribution is 2.27. The van der Waals surface area contributed by atoms with E-state index in [1.807, 2.05) is 4.90 Å². The van der Waals surface area contributed by atoms with Crippen LogP contribution < -0.4 is 5.32 Å². The van der Waals surface area contributed by atoms with Crippen molar-refractivity contribution in [3.05, 3.63) is 29.6 Å². The van der Waals surface area contributed by atoms with E-state index in [2.05, 4.69) is 10.3 Å². The zero-order valence-corrected chi connectivity index (χ0v) is 12.6. The summed E-state index contributed by atoms with van der Waals surface area (Å²) in [6, 6.07) is 1.93. The predicted octanol–water partition coefficient (Wildman–Crippen LogP) is 0.604. The van der Waals surface area contributed by atoms with E-state index in [1.165, 1.54) is 0 Å². The van der Waals surface area contributed by atoms with Crippen LogP contribution in [0.1, 0.15) is 16.1 Å². The lowest BCUT2D eigenvalue weighted by atomic mass is 10.2. The molecule has 6 nitrogen and oxygen atoms in total. The molecule has 1 aliphatic heterocycles. The van der Waals surface area contributed by atoms with Crippen LogP contribution in [0.25, 0.3) is 0 Å². The third-order valence-electron chi connectivity index (χ3n) is 3.61. The summed E-state index contributed by atoms with van der Waals surface area (Å²) in [5.74, 6) is -0.456. The standard InChI is InChI=1S/C14H17F3N4O2/c1-18-12(22)9-20-4-6-21(7-5-20)13(23)10-2-3-11(19-8-10)14(15,16)17/h2-3,8H,4-7,9H2,1H3,(H,18,22). The molecule has 0 spiro atoms. The summed E-state index contributed by atoms with van der Waals surface area (Å²) in [4.78, 5) is 30.3. The minimum absolute atomic E-state index is 0.100. The van der Waals surface area contributed by atoms with Crippen molar-refractivity contribution in [3.8, 4) is 0 Å². The predicted molar refractivity (Wildman–Crippen MR) is 75.6 cm³/mol. The van der Waals surface area contributed by atoms with Gasteiger partial charge in [0.15, 0.2) is 0 Å². The van der Waals surface area contributed by atoms with Crippen molar-refractivity contribution in [3.63, 3.8) is 0 Å². The van der Waals surface area contributed by atoms with Crippen molar-refractivity contribution in [1.82, 2.24) is 20.1 Å². The number of rotatable bonds is 3. The number of pyridine rings is 1. The first-order valence-corrected chi connectivity index (χ1v) is 7.06. The van der Waals surface area contributed by atoms with E-state index < -0.39 is 11.9 Å². The highest BCUT2D eigenvalue weighted by Gasteiger charge is 2.32. The third kappa shape index (κ3) is 4.41. The van der Waals surface area contributed by atoms with Crippen LogP contribution in [0.15, 0.2) is 18.3 Å². The quantitative estimate of drug-likeness (QED) is 0.882. The average Bonchev–Trinajstić information content (AvgIpc) is 2.54. The van der Waals surface area contributed by atoms with Crippen LogP contribution in [-0.4, -0.2) is 66.4 Å². The fraction of sp³-hybridized carbons (Fsp3) is 0.500. The van der Waals surface area contributed by atoms with Gasteiger partial charge in [0.25, 0.3) is 5.91 Å². The molecular formula is C14H17F3N4O2. The van der Waals surface area contributed by atoms with Gasteiger partial charge >= 0.3 is 6.18 Å². The molecule has 1 aromatic heterocycles. The summed E-state index contributed by atoms with van der Waals surface area (Å²) >= 11 is 0. The van der Waals surface area contributed by atoms with E-state index in [9.17, 15) is 22.8 Å². The van der Waals surface area contributed by atoms with Gasteiger partial charge in [0.05, 0.1) is 12.1 Å². The Hall–Kier alpha value is -2.16. The second kappa shape index (κ2) is 6.95. The molecule has 0 bridgehead atoms. The van der Waals surface area contributed by atoms with Crippen molar-refractivity contribution < 1.29 is 22.8 Å². The molecule has 2 heterocycles. The maximum absolute atomic E-state index is 12.5. The summed E-state index contributed by atoms with van der Waals surface area (Å²) in [6.45, 7) is 2.16. The molecule has 1 N–H and O–H groups in total. The number of nitrogens with zero attached hydrogens (tertiary/aromatic N) is 3. The van der Waals surface area contributed by atoms with E-state index in [4.69, 9.17) is 0 Å². The van der Waals surface area contributed by atoms with Crippen LogP contribution >= 0.6 is 0 Å². The molecule has 9 heteroatoms. The minimum atomic E-state index is -4.52. The number of hydrogen-bond donors (Lipinski definition) is 1. The Balaban J connectivity index is 1.93. The van der Waals surface area contributed by atoms with Crippen LogP contribution in [0, 0.1) is 0 Å². The zero-order valence-electron chi connectivity index (χ0n) is 12.6. The van der Waals surface area contributed by atoms with Crippen molar-refractivity contribution in [1.29, 1.82) is 0 Å². The Kier molecular flexibility index (Phi) is 5.19. The van der Waals surface area contributed by atoms with Gasteiger partial charge in [0.1, 0.15) is 5.69 Å². The maximum atomic E-state index is 12.5. The van der Waals surface area contributed by atoms with E-state index in [1.54, 1.807) is 11.9 Å². The first-order chi connectivity index (χ1) is 10.8. The summed E-state index contributed by atoms with van der Waals surface area (Å²) in [6.07, 6.45) is -3.57. The van der Waals surface area contributed by atoms with E-state index in [-0.39, 0.29) is 23.9 Å². The van der Waals surface area contributed by atoms with E-state index >= 15 is 0 Å². The number of likely N-dealkylation sites (N-methyl/N-ethyl adjacent to an activating group) is 1. The Morgan fingerprint density at radius 2 is 1.87 bits per heavy atom. The van der Waals surface area contributed by atoms with Crippen LogP contribution in [0.5, 0.6) is 0 Å². The van der Waals surface area contributed by atoms with Gasteiger partial charge in [-0.25, -0.2) is 0 Å². The molecule has 126 valence electrons. The van der Waals surface area contributed by atoms with Gasteiger partial charge in [-0.15, -0.1) is 0 Å². The summed E-state index contributed by atoms with van der Waals surface area (Å²) in [5.41, 5.74) is -0.901. The van der Waals surface area contributed by atoms with Gasteiger partial charge in [-0.1, -0.05) is 0 Å². The van der Waals surface area contributed by atoms with Crippen LogP contribution in [0.3, 0.4) is 0 Å². The lowest BCUT2D eigenvalue weighted by molar-refractivity contribution is -0.141. The van der Waals surface area contributed by atoms with Gasteiger partial charge in [0, 0.05) is 39.4 Å². The second-order valence-electron chi connectivity index (χ2n) is 5.17. The summed E-state index contributed by atoms with van der Waals surface area (Å²) in [5, 5.41) is 2.53. The molecule has 1 aromatic rings. The topological polar surface area (TPSA) is 65.5 Å². The van der Waals surface area contributed by atoms with Crippen molar-refractivity contribution in [2.24, 2.45) is 0 Å². The van der Waals surface area contributed by atoms with Crippen LogP contribution in [0.2, 0.25) is 0 Å². The second-order valence-corrected chi connectivity index (χ2v) is 5.17. The summed E-state index contributed by atoms with van der Waals surface area (Å²) < 4.78 is 37.4. The lowest BCUT2D eigenvalue weighted by Crippen LogP contribution is -2.50. The van der Waals surface area contributed by atoms with Crippen LogP contribution in [-0.2, 0) is 11.0 Å². The highest BCUT2D eigenvalue weighted by atomic mass is 19.4. The molecule has 0 radical (unpaired) electrons. The average molecular weight is 330 g/mol. The molecule has 1 aliphatic rings. The Labute approximate surface area is 131 Å². The number of carbonyl (C=O) groups excluding carboxylic acids is 2. The molecule has 2 amide bonds. The molecule has 0 atom stereocenters. The van der Waals surface area contributed by atoms with Crippen molar-refractivity contribution in [2.75, 3.05) is 39.8 Å². The van der Waals surface area contributed by atoms with Gasteiger partial charge in [-0.2, -0.15) is 13.2 Å². The normalized spacial score (nSPS) is 16.3. The lowest BCUT2D eigenvalue weighted by Gasteiger charge is -2.34. The van der Waals surface area contributed by atoms with E-state index in [0.717, 1.165) is 18.3 Å². The minimum Gasteiger partial charge on any atom is -0.358 e. The number of amides is 2. The van der Waals surface area contributed by atoms with Gasteiger partial charge in [0.2, 0.25) is 5.91 Å². The number of hydrogen-bond acceptors (Lipinski definition) is 4. The first-order valence-electron chi connectivity index (χ1n) is 7.06. The van der Waals surface area contributed by atoms with Gasteiger partial charge < -0.3 is 10.2 Å². The Morgan fingerprint density at radius 3 is 2.35 bits per heavy atom. The molecule has 1 saturated heterocycles. The van der Waals surface area contributed by atoms with Crippen molar-refractivity contribution in [2.45, 2.75) is 6.18 Å². The molecule has 0 aromatic carbocycles. The molecule has 0 saturated carbocycles. The maximum Gasteiger partial charge on any atom is 0.433 e. The first kappa shape index (κ1) is 17.2. The number of nitrogens with one attached hydrogen (secondary N) is 1. The van der Waals surface area contributed by atoms with Gasteiger partial charge in [-0.3, -0.25) is 19.5 Å². The fourth-order valence-corrected chi connectivity index (χ4v) is 2.26. The van der Waals surface area contributed by atoms with Crippen molar-refractivity contribution >= 4 is 11.8 Å². The summed E-state index contributed by atoms with van der Waals surface area (Å²) in [7, 11) is 1.56. The molecule has 0 unspecified atom stereocenters. The number of piperazine rings is 1. The SMILES string of the molecule is CNC(=O)CN1CCN(C(=O)c2ccc(C(F)(F)F)nc2)CC1. The smallest absolute Gasteiger partial charge is 0.358 e. The molecule has 23 heavy (non-hydrogen) atoms. The fourth-order valence-electron chi connectivity index (χ4n) is 2.26. The molecule has 2 rings (SSSR count). The number of aromatic nitrogens is 1. The molecule has 1 fully saturated rings. The monoisotopic (exact) mass is 330 g/mol.